The summed E-state index contributed by atoms with van der Waals surface area (Å²) < 4.78 is 5.10. The molecule has 1 unspecified atom stereocenters. The summed E-state index contributed by atoms with van der Waals surface area (Å²) in [4.78, 5) is 11.4. The van der Waals surface area contributed by atoms with Crippen molar-refractivity contribution in [2.24, 2.45) is 0 Å². The lowest BCUT2D eigenvalue weighted by atomic mass is 9.75. The summed E-state index contributed by atoms with van der Waals surface area (Å²) in [6, 6.07) is 0. The maximum absolute atomic E-state index is 11.4. The zero-order valence-electron chi connectivity index (χ0n) is 9.26. The predicted molar refractivity (Wildman–Crippen MR) is 53.0 cm³/mol. The molecule has 0 bridgehead atoms. The first-order valence-electron chi connectivity index (χ1n) is 4.92. The van der Waals surface area contributed by atoms with Crippen LogP contribution in [0.1, 0.15) is 40.5 Å². The number of carbonyl (C=O) groups excluding carboxylic acids is 1. The molecule has 1 saturated carbocycles. The SMILES string of the molecule is CC(C)(C)OC(=O)N[C@@]1(C)CCC1O. The minimum Gasteiger partial charge on any atom is -0.444 e. The van der Waals surface area contributed by atoms with Gasteiger partial charge in [0, 0.05) is 0 Å². The van der Waals surface area contributed by atoms with Gasteiger partial charge in [-0.15, -0.1) is 0 Å². The molecule has 0 radical (unpaired) electrons. The predicted octanol–water partition coefficient (Wildman–Crippen LogP) is 1.42. The molecule has 0 heterocycles. The van der Waals surface area contributed by atoms with E-state index in [4.69, 9.17) is 4.74 Å². The molecule has 82 valence electrons. The Hall–Kier alpha value is -0.770. The first kappa shape index (κ1) is 11.3. The maximum atomic E-state index is 11.4. The molecule has 0 saturated heterocycles. The van der Waals surface area contributed by atoms with Gasteiger partial charge in [0.2, 0.25) is 0 Å². The fourth-order valence-electron chi connectivity index (χ4n) is 1.39. The lowest BCUT2D eigenvalue weighted by Crippen LogP contribution is -2.61. The fraction of sp³-hybridized carbons (Fsp3) is 0.900. The third kappa shape index (κ3) is 2.61. The van der Waals surface area contributed by atoms with E-state index in [1.165, 1.54) is 0 Å². The lowest BCUT2D eigenvalue weighted by molar-refractivity contribution is -0.0232. The number of aliphatic hydroxyl groups is 1. The minimum absolute atomic E-state index is 0.449. The van der Waals surface area contributed by atoms with Crippen molar-refractivity contribution in [3.8, 4) is 0 Å². The normalized spacial score (nSPS) is 31.9. The van der Waals surface area contributed by atoms with Gasteiger partial charge in [-0.25, -0.2) is 4.79 Å². The Morgan fingerprint density at radius 2 is 2.14 bits per heavy atom. The monoisotopic (exact) mass is 201 g/mol. The maximum Gasteiger partial charge on any atom is 0.408 e. The van der Waals surface area contributed by atoms with E-state index in [0.29, 0.717) is 0 Å². The van der Waals surface area contributed by atoms with Gasteiger partial charge in [0.1, 0.15) is 5.60 Å². The molecule has 4 heteroatoms. The molecule has 14 heavy (non-hydrogen) atoms. The molecule has 0 aromatic heterocycles. The summed E-state index contributed by atoms with van der Waals surface area (Å²) >= 11 is 0. The molecule has 4 nitrogen and oxygen atoms in total. The Bertz CT molecular complexity index is 234. The first-order chi connectivity index (χ1) is 6.23. The standard InChI is InChI=1S/C10H19NO3/c1-9(2,3)14-8(13)11-10(4)6-5-7(10)12/h7,12H,5-6H2,1-4H3,(H,11,13)/t7?,10-/m0/s1. The molecule has 0 aromatic carbocycles. The number of rotatable bonds is 1. The number of alkyl carbamates (subject to hydrolysis) is 1. The van der Waals surface area contributed by atoms with Crippen molar-refractivity contribution in [1.29, 1.82) is 0 Å². The molecule has 1 rings (SSSR count). The van der Waals surface area contributed by atoms with Crippen LogP contribution >= 0.6 is 0 Å². The summed E-state index contributed by atoms with van der Waals surface area (Å²) in [7, 11) is 0. The highest BCUT2D eigenvalue weighted by molar-refractivity contribution is 5.69. The van der Waals surface area contributed by atoms with Crippen LogP contribution in [0.2, 0.25) is 0 Å². The molecule has 2 atom stereocenters. The van der Waals surface area contributed by atoms with E-state index in [1.54, 1.807) is 0 Å². The van der Waals surface area contributed by atoms with E-state index in [0.717, 1.165) is 12.8 Å². The van der Waals surface area contributed by atoms with Gasteiger partial charge in [-0.05, 0) is 40.5 Å². The molecule has 0 aromatic rings. The third-order valence-corrected chi connectivity index (χ3v) is 2.46. The minimum atomic E-state index is -0.498. The molecule has 0 spiro atoms. The van der Waals surface area contributed by atoms with Gasteiger partial charge < -0.3 is 15.2 Å². The van der Waals surface area contributed by atoms with E-state index in [2.05, 4.69) is 5.32 Å². The molecule has 1 fully saturated rings. The number of aliphatic hydroxyl groups excluding tert-OH is 1. The second-order valence-electron chi connectivity index (χ2n) is 5.10. The lowest BCUT2D eigenvalue weighted by Gasteiger charge is -2.44. The van der Waals surface area contributed by atoms with E-state index >= 15 is 0 Å². The van der Waals surface area contributed by atoms with E-state index in [1.807, 2.05) is 27.7 Å². The van der Waals surface area contributed by atoms with Crippen LogP contribution in [0.4, 0.5) is 4.79 Å². The van der Waals surface area contributed by atoms with Crippen molar-refractivity contribution < 1.29 is 14.6 Å². The van der Waals surface area contributed by atoms with Gasteiger partial charge in [-0.2, -0.15) is 0 Å². The van der Waals surface area contributed by atoms with Crippen molar-refractivity contribution in [2.45, 2.75) is 57.8 Å². The highest BCUT2D eigenvalue weighted by Gasteiger charge is 2.43. The summed E-state index contributed by atoms with van der Waals surface area (Å²) in [6.45, 7) is 7.26. The Balaban J connectivity index is 2.41. The average Bonchev–Trinajstić information content (AvgIpc) is 1.98. The van der Waals surface area contributed by atoms with Gasteiger partial charge in [0.05, 0.1) is 11.6 Å². The summed E-state index contributed by atoms with van der Waals surface area (Å²) in [5.74, 6) is 0. The van der Waals surface area contributed by atoms with Gasteiger partial charge in [-0.3, -0.25) is 0 Å². The van der Waals surface area contributed by atoms with Crippen LogP contribution < -0.4 is 5.32 Å². The van der Waals surface area contributed by atoms with E-state index in [-0.39, 0.29) is 0 Å². The van der Waals surface area contributed by atoms with Gasteiger partial charge in [-0.1, -0.05) is 0 Å². The molecular weight excluding hydrogens is 182 g/mol. The Kier molecular flexibility index (Phi) is 2.76. The van der Waals surface area contributed by atoms with Crippen LogP contribution in [0.15, 0.2) is 0 Å². The van der Waals surface area contributed by atoms with Crippen LogP contribution in [0.25, 0.3) is 0 Å². The molecule has 0 aliphatic heterocycles. The van der Waals surface area contributed by atoms with E-state index < -0.39 is 23.3 Å². The fourth-order valence-corrected chi connectivity index (χ4v) is 1.39. The number of ether oxygens (including phenoxy) is 1. The highest BCUT2D eigenvalue weighted by Crippen LogP contribution is 2.31. The van der Waals surface area contributed by atoms with Crippen LogP contribution in [0, 0.1) is 0 Å². The topological polar surface area (TPSA) is 58.6 Å². The number of nitrogens with one attached hydrogen (secondary N) is 1. The number of amides is 1. The van der Waals surface area contributed by atoms with Crippen LogP contribution in [-0.2, 0) is 4.74 Å². The highest BCUT2D eigenvalue weighted by atomic mass is 16.6. The number of hydrogen-bond acceptors (Lipinski definition) is 3. The summed E-state index contributed by atoms with van der Waals surface area (Å²) in [6.07, 6.45) is 0.633. The number of carbonyl (C=O) groups is 1. The smallest absolute Gasteiger partial charge is 0.408 e. The Morgan fingerprint density at radius 3 is 2.43 bits per heavy atom. The Labute approximate surface area is 84.6 Å². The van der Waals surface area contributed by atoms with Crippen molar-refractivity contribution in [2.75, 3.05) is 0 Å². The van der Waals surface area contributed by atoms with Crippen LogP contribution in [0.3, 0.4) is 0 Å². The van der Waals surface area contributed by atoms with Crippen molar-refractivity contribution in [1.82, 2.24) is 5.32 Å². The van der Waals surface area contributed by atoms with Crippen LogP contribution in [0.5, 0.6) is 0 Å². The quantitative estimate of drug-likeness (QED) is 0.674. The first-order valence-corrected chi connectivity index (χ1v) is 4.92. The molecule has 1 aliphatic carbocycles. The second kappa shape index (κ2) is 3.42. The molecular formula is C10H19NO3. The summed E-state index contributed by atoms with van der Waals surface area (Å²) in [5.41, 5.74) is -0.989. The third-order valence-electron chi connectivity index (χ3n) is 2.46. The molecule has 1 aliphatic rings. The van der Waals surface area contributed by atoms with E-state index in [9.17, 15) is 9.90 Å². The van der Waals surface area contributed by atoms with Gasteiger partial charge in [0.25, 0.3) is 0 Å². The zero-order chi connectivity index (χ0) is 11.0. The summed E-state index contributed by atoms with van der Waals surface area (Å²) in [5, 5.41) is 12.1. The molecule has 1 amide bonds. The number of hydrogen-bond donors (Lipinski definition) is 2. The zero-order valence-corrected chi connectivity index (χ0v) is 9.26. The van der Waals surface area contributed by atoms with Gasteiger partial charge in [0.15, 0.2) is 0 Å². The van der Waals surface area contributed by atoms with Crippen LogP contribution in [-0.4, -0.2) is 28.4 Å². The second-order valence-corrected chi connectivity index (χ2v) is 5.10. The molecule has 2 N–H and O–H groups in total. The van der Waals surface area contributed by atoms with Gasteiger partial charge >= 0.3 is 6.09 Å². The Morgan fingerprint density at radius 1 is 1.57 bits per heavy atom. The van der Waals surface area contributed by atoms with Crippen molar-refractivity contribution in [3.63, 3.8) is 0 Å². The van der Waals surface area contributed by atoms with Crippen molar-refractivity contribution in [3.05, 3.63) is 0 Å². The average molecular weight is 201 g/mol. The largest absolute Gasteiger partial charge is 0.444 e. The van der Waals surface area contributed by atoms with Crippen molar-refractivity contribution >= 4 is 6.09 Å².